The third kappa shape index (κ3) is 3.53. The van der Waals surface area contributed by atoms with Crippen molar-refractivity contribution in [1.82, 2.24) is 14.5 Å². The van der Waals surface area contributed by atoms with E-state index in [4.69, 9.17) is 0 Å². The molecule has 0 aromatic carbocycles. The summed E-state index contributed by atoms with van der Waals surface area (Å²) in [5.74, 6) is -2.68. The van der Waals surface area contributed by atoms with Gasteiger partial charge in [0.15, 0.2) is 0 Å². The van der Waals surface area contributed by atoms with Crippen molar-refractivity contribution in [3.63, 3.8) is 0 Å². The molecule has 0 N–H and O–H groups in total. The number of halogens is 3. The molecule has 1 aliphatic heterocycles. The number of rotatable bonds is 2. The van der Waals surface area contributed by atoms with E-state index >= 15 is 0 Å². The minimum atomic E-state index is -4.28. The van der Waals surface area contributed by atoms with Crippen LogP contribution in [-0.2, 0) is 4.79 Å². The number of carbonyl (C=O) groups excluding carboxylic acids is 1. The van der Waals surface area contributed by atoms with Crippen molar-refractivity contribution in [2.75, 3.05) is 13.1 Å². The number of hydrogen-bond acceptors (Lipinski definition) is 2. The molecule has 0 spiro atoms. The lowest BCUT2D eigenvalue weighted by Gasteiger charge is -2.39. The van der Waals surface area contributed by atoms with Crippen LogP contribution in [-0.4, -0.2) is 39.6 Å². The Morgan fingerprint density at radius 3 is 2.61 bits per heavy atom. The Hall–Kier alpha value is -1.53. The molecule has 1 saturated heterocycles. The van der Waals surface area contributed by atoms with Crippen LogP contribution in [0.2, 0.25) is 0 Å². The van der Waals surface area contributed by atoms with Crippen LogP contribution in [0.3, 0.4) is 0 Å². The highest BCUT2D eigenvalue weighted by molar-refractivity contribution is 5.79. The number of alkyl halides is 3. The second kappa shape index (κ2) is 6.53. The zero-order chi connectivity index (χ0) is 16.4. The van der Waals surface area contributed by atoms with Crippen molar-refractivity contribution in [2.45, 2.75) is 50.7 Å². The molecule has 1 aromatic rings. The van der Waals surface area contributed by atoms with Gasteiger partial charge in [-0.2, -0.15) is 13.2 Å². The predicted octanol–water partition coefficient (Wildman–Crippen LogP) is 3.42. The van der Waals surface area contributed by atoms with E-state index in [1.165, 1.54) is 0 Å². The van der Waals surface area contributed by atoms with E-state index in [0.717, 1.165) is 12.8 Å². The summed E-state index contributed by atoms with van der Waals surface area (Å²) in [6.07, 6.45) is 4.41. The fourth-order valence-corrected chi connectivity index (χ4v) is 3.94. The maximum Gasteiger partial charge on any atom is 0.392 e. The van der Waals surface area contributed by atoms with E-state index in [2.05, 4.69) is 4.98 Å². The first-order chi connectivity index (χ1) is 11.0. The van der Waals surface area contributed by atoms with Crippen molar-refractivity contribution in [1.29, 1.82) is 0 Å². The standard InChI is InChI=1S/C16H22F3N3O/c17-16(18,19)14-6-2-1-5-13(14)15(23)21-8-3-4-12(10-21)22-9-7-20-11-22/h7,9,11-14H,1-6,8,10H2/t12-,13-,14+/m1/s1. The third-order valence-corrected chi connectivity index (χ3v) is 5.16. The third-order valence-electron chi connectivity index (χ3n) is 5.16. The van der Waals surface area contributed by atoms with E-state index in [1.807, 2.05) is 10.8 Å². The molecule has 1 aliphatic carbocycles. The summed E-state index contributed by atoms with van der Waals surface area (Å²) in [5, 5.41) is 0. The molecule has 2 fully saturated rings. The molecule has 1 amide bonds. The van der Waals surface area contributed by atoms with E-state index in [-0.39, 0.29) is 18.4 Å². The largest absolute Gasteiger partial charge is 0.392 e. The molecule has 0 radical (unpaired) electrons. The van der Waals surface area contributed by atoms with Crippen LogP contribution in [0.1, 0.15) is 44.6 Å². The molecule has 7 heteroatoms. The molecule has 4 nitrogen and oxygen atoms in total. The van der Waals surface area contributed by atoms with Crippen LogP contribution >= 0.6 is 0 Å². The van der Waals surface area contributed by atoms with Crippen LogP contribution < -0.4 is 0 Å². The van der Waals surface area contributed by atoms with Crippen LogP contribution in [0.5, 0.6) is 0 Å². The van der Waals surface area contributed by atoms with E-state index < -0.39 is 18.0 Å². The number of piperidine rings is 1. The molecule has 0 bridgehead atoms. The van der Waals surface area contributed by atoms with Gasteiger partial charge in [0.1, 0.15) is 0 Å². The van der Waals surface area contributed by atoms with Crippen molar-refractivity contribution in [2.24, 2.45) is 11.8 Å². The molecule has 2 aliphatic rings. The zero-order valence-electron chi connectivity index (χ0n) is 13.0. The molecule has 3 atom stereocenters. The number of aromatic nitrogens is 2. The number of carbonyl (C=O) groups is 1. The highest BCUT2D eigenvalue weighted by Crippen LogP contribution is 2.42. The maximum absolute atomic E-state index is 13.2. The summed E-state index contributed by atoms with van der Waals surface area (Å²) < 4.78 is 41.7. The summed E-state index contributed by atoms with van der Waals surface area (Å²) in [6.45, 7) is 1.04. The van der Waals surface area contributed by atoms with Gasteiger partial charge in [0.05, 0.1) is 18.3 Å². The van der Waals surface area contributed by atoms with Crippen molar-refractivity contribution >= 4 is 5.91 Å². The van der Waals surface area contributed by atoms with Crippen molar-refractivity contribution in [3.05, 3.63) is 18.7 Å². The van der Waals surface area contributed by atoms with Crippen LogP contribution in [0, 0.1) is 11.8 Å². The van der Waals surface area contributed by atoms with Crippen LogP contribution in [0.4, 0.5) is 13.2 Å². The topological polar surface area (TPSA) is 38.1 Å². The normalized spacial score (nSPS) is 29.5. The quantitative estimate of drug-likeness (QED) is 0.834. The molecular formula is C16H22F3N3O. The van der Waals surface area contributed by atoms with Gasteiger partial charge in [-0.15, -0.1) is 0 Å². The molecule has 0 unspecified atom stereocenters. The Morgan fingerprint density at radius 1 is 1.13 bits per heavy atom. The highest BCUT2D eigenvalue weighted by atomic mass is 19.4. The summed E-state index contributed by atoms with van der Waals surface area (Å²) in [6, 6.07) is 0.114. The summed E-state index contributed by atoms with van der Waals surface area (Å²) in [7, 11) is 0. The van der Waals surface area contributed by atoms with E-state index in [9.17, 15) is 18.0 Å². The number of imidazole rings is 1. The Morgan fingerprint density at radius 2 is 1.91 bits per heavy atom. The second-order valence-electron chi connectivity index (χ2n) is 6.63. The Kier molecular flexibility index (Phi) is 4.64. The highest BCUT2D eigenvalue weighted by Gasteiger charge is 2.49. The van der Waals surface area contributed by atoms with Crippen LogP contribution in [0.15, 0.2) is 18.7 Å². The number of amides is 1. The number of likely N-dealkylation sites (tertiary alicyclic amines) is 1. The molecule has 23 heavy (non-hydrogen) atoms. The number of hydrogen-bond donors (Lipinski definition) is 0. The summed E-state index contributed by atoms with van der Waals surface area (Å²) in [4.78, 5) is 18.4. The lowest BCUT2D eigenvalue weighted by Crippen LogP contribution is -2.48. The monoisotopic (exact) mass is 329 g/mol. The van der Waals surface area contributed by atoms with Gasteiger partial charge in [0.25, 0.3) is 0 Å². The average molecular weight is 329 g/mol. The Bertz CT molecular complexity index is 529. The molecule has 1 saturated carbocycles. The first-order valence-corrected chi connectivity index (χ1v) is 8.30. The van der Waals surface area contributed by atoms with Gasteiger partial charge < -0.3 is 9.47 Å². The van der Waals surface area contributed by atoms with Gasteiger partial charge in [-0.05, 0) is 25.7 Å². The summed E-state index contributed by atoms with van der Waals surface area (Å²) >= 11 is 0. The van der Waals surface area contributed by atoms with E-state index in [0.29, 0.717) is 32.4 Å². The SMILES string of the molecule is O=C([C@@H]1CCCC[C@@H]1C(F)(F)F)N1CCC[C@@H](n2ccnc2)C1. The molecule has 2 heterocycles. The van der Waals surface area contributed by atoms with Gasteiger partial charge in [-0.25, -0.2) is 4.98 Å². The van der Waals surface area contributed by atoms with Crippen molar-refractivity contribution in [3.8, 4) is 0 Å². The first-order valence-electron chi connectivity index (χ1n) is 8.30. The van der Waals surface area contributed by atoms with E-state index in [1.54, 1.807) is 17.4 Å². The fourth-order valence-electron chi connectivity index (χ4n) is 3.94. The minimum absolute atomic E-state index is 0.0820. The van der Waals surface area contributed by atoms with Crippen molar-refractivity contribution < 1.29 is 18.0 Å². The van der Waals surface area contributed by atoms with Gasteiger partial charge in [-0.1, -0.05) is 12.8 Å². The minimum Gasteiger partial charge on any atom is -0.340 e. The lowest BCUT2D eigenvalue weighted by molar-refractivity contribution is -0.201. The van der Waals surface area contributed by atoms with Gasteiger partial charge in [-0.3, -0.25) is 4.79 Å². The summed E-state index contributed by atoms with van der Waals surface area (Å²) in [5.41, 5.74) is 0. The van der Waals surface area contributed by atoms with Crippen LogP contribution in [0.25, 0.3) is 0 Å². The smallest absolute Gasteiger partial charge is 0.340 e. The fraction of sp³-hybridized carbons (Fsp3) is 0.750. The predicted molar refractivity (Wildman–Crippen MR) is 78.6 cm³/mol. The molecule has 3 rings (SSSR count). The molecular weight excluding hydrogens is 307 g/mol. The van der Waals surface area contributed by atoms with Gasteiger partial charge in [0, 0.05) is 31.4 Å². The number of nitrogens with zero attached hydrogens (tertiary/aromatic N) is 3. The Balaban J connectivity index is 1.71. The first kappa shape index (κ1) is 16.3. The lowest BCUT2D eigenvalue weighted by atomic mass is 9.77. The van der Waals surface area contributed by atoms with Gasteiger partial charge in [0.2, 0.25) is 5.91 Å². The van der Waals surface area contributed by atoms with Gasteiger partial charge >= 0.3 is 6.18 Å². The second-order valence-corrected chi connectivity index (χ2v) is 6.63. The average Bonchev–Trinajstić information content (AvgIpc) is 3.08. The molecule has 1 aromatic heterocycles. The zero-order valence-corrected chi connectivity index (χ0v) is 13.0. The Labute approximate surface area is 133 Å². The maximum atomic E-state index is 13.2. The molecule has 128 valence electrons.